The summed E-state index contributed by atoms with van der Waals surface area (Å²) in [5.41, 5.74) is 5.39. The zero-order valence-electron chi connectivity index (χ0n) is 8.01. The van der Waals surface area contributed by atoms with E-state index in [1.54, 1.807) is 30.3 Å². The molecule has 0 fully saturated rings. The fraction of sp³-hybridized carbons (Fsp3) is 0.200. The van der Waals surface area contributed by atoms with Crippen molar-refractivity contribution in [3.8, 4) is 0 Å². The first-order chi connectivity index (χ1) is 7.24. The molecule has 0 saturated heterocycles. The van der Waals surface area contributed by atoms with Crippen LogP contribution >= 0.6 is 0 Å². The van der Waals surface area contributed by atoms with Crippen LogP contribution in [0, 0.1) is 0 Å². The number of hydrogen-bond donors (Lipinski definition) is 1. The topological polar surface area (TPSA) is 78.6 Å². The highest BCUT2D eigenvalue weighted by molar-refractivity contribution is 5.89. The highest BCUT2D eigenvalue weighted by Gasteiger charge is 2.06. The second-order valence-corrected chi connectivity index (χ2v) is 2.64. The van der Waals surface area contributed by atoms with Crippen LogP contribution in [-0.4, -0.2) is 25.3 Å². The number of rotatable bonds is 4. The molecule has 0 aliphatic carbocycles. The van der Waals surface area contributed by atoms with Crippen molar-refractivity contribution >= 4 is 11.9 Å². The Balaban J connectivity index is 2.34. The number of nitrogens with two attached hydrogens (primary N) is 1. The third-order valence-corrected chi connectivity index (χ3v) is 1.59. The van der Waals surface area contributed by atoms with E-state index in [0.717, 1.165) is 0 Å². The van der Waals surface area contributed by atoms with E-state index in [9.17, 15) is 9.59 Å². The quantitative estimate of drug-likeness (QED) is 0.570. The number of esters is 2. The highest BCUT2D eigenvalue weighted by atomic mass is 16.7. The molecule has 0 amide bonds. The van der Waals surface area contributed by atoms with Gasteiger partial charge in [-0.1, -0.05) is 18.2 Å². The third-order valence-electron chi connectivity index (χ3n) is 1.59. The van der Waals surface area contributed by atoms with Crippen LogP contribution in [0.1, 0.15) is 10.4 Å². The molecule has 5 heteroatoms. The Kier molecular flexibility index (Phi) is 4.30. The minimum absolute atomic E-state index is 0.233. The molecule has 15 heavy (non-hydrogen) atoms. The van der Waals surface area contributed by atoms with Gasteiger partial charge in [0.15, 0.2) is 0 Å². The molecule has 0 aliphatic heterocycles. The fourth-order valence-electron chi connectivity index (χ4n) is 0.865. The van der Waals surface area contributed by atoms with E-state index >= 15 is 0 Å². The maximum Gasteiger partial charge on any atom is 0.340 e. The molecule has 1 aromatic rings. The zero-order chi connectivity index (χ0) is 11.1. The molecule has 0 saturated carbocycles. The monoisotopic (exact) mass is 209 g/mol. The molecule has 2 N–H and O–H groups in total. The van der Waals surface area contributed by atoms with Crippen molar-refractivity contribution in [3.05, 3.63) is 35.9 Å². The van der Waals surface area contributed by atoms with Gasteiger partial charge in [-0.3, -0.25) is 4.79 Å². The summed E-state index contributed by atoms with van der Waals surface area (Å²) < 4.78 is 9.14. The lowest BCUT2D eigenvalue weighted by molar-refractivity contribution is -0.150. The molecule has 0 bridgehead atoms. The summed E-state index contributed by atoms with van der Waals surface area (Å²) >= 11 is 0. The standard InChI is InChI=1S/C10H11NO4/c11-6-9(12)14-7-15-10(13)8-4-2-1-3-5-8/h1-5H,6-7,11H2. The Morgan fingerprint density at radius 2 is 1.80 bits per heavy atom. The Hall–Kier alpha value is -1.88. The molecule has 0 aromatic heterocycles. The van der Waals surface area contributed by atoms with Crippen LogP contribution in [0.3, 0.4) is 0 Å². The Bertz CT molecular complexity index is 337. The van der Waals surface area contributed by atoms with E-state index in [1.807, 2.05) is 0 Å². The smallest absolute Gasteiger partial charge is 0.340 e. The van der Waals surface area contributed by atoms with Crippen molar-refractivity contribution in [1.82, 2.24) is 0 Å². The van der Waals surface area contributed by atoms with Crippen molar-refractivity contribution < 1.29 is 19.1 Å². The van der Waals surface area contributed by atoms with E-state index in [0.29, 0.717) is 5.56 Å². The second-order valence-electron chi connectivity index (χ2n) is 2.64. The summed E-state index contributed by atoms with van der Waals surface area (Å²) in [6, 6.07) is 8.41. The molecule has 0 heterocycles. The molecule has 1 rings (SSSR count). The van der Waals surface area contributed by atoms with E-state index < -0.39 is 18.7 Å². The Morgan fingerprint density at radius 1 is 1.13 bits per heavy atom. The molecule has 5 nitrogen and oxygen atoms in total. The van der Waals surface area contributed by atoms with Crippen molar-refractivity contribution in [1.29, 1.82) is 0 Å². The first-order valence-corrected chi connectivity index (χ1v) is 4.32. The lowest BCUT2D eigenvalue weighted by Gasteiger charge is -2.04. The largest absolute Gasteiger partial charge is 0.427 e. The summed E-state index contributed by atoms with van der Waals surface area (Å²) in [6.45, 7) is -0.646. The summed E-state index contributed by atoms with van der Waals surface area (Å²) in [7, 11) is 0. The molecule has 1 aromatic carbocycles. The van der Waals surface area contributed by atoms with Gasteiger partial charge in [0.1, 0.15) is 0 Å². The summed E-state index contributed by atoms with van der Waals surface area (Å²) in [5, 5.41) is 0. The maximum absolute atomic E-state index is 11.3. The van der Waals surface area contributed by atoms with Crippen molar-refractivity contribution in [2.24, 2.45) is 5.73 Å². The highest BCUT2D eigenvalue weighted by Crippen LogP contribution is 2.00. The van der Waals surface area contributed by atoms with E-state index in [2.05, 4.69) is 9.47 Å². The van der Waals surface area contributed by atoms with E-state index in [4.69, 9.17) is 5.73 Å². The fourth-order valence-corrected chi connectivity index (χ4v) is 0.865. The van der Waals surface area contributed by atoms with Crippen LogP contribution in [-0.2, 0) is 14.3 Å². The van der Waals surface area contributed by atoms with Gasteiger partial charge in [-0.05, 0) is 12.1 Å². The first kappa shape index (κ1) is 11.2. The number of benzene rings is 1. The van der Waals surface area contributed by atoms with Crippen molar-refractivity contribution in [2.45, 2.75) is 0 Å². The SMILES string of the molecule is NCC(=O)OCOC(=O)c1ccccc1. The number of carbonyl (C=O) groups excluding carboxylic acids is 2. The first-order valence-electron chi connectivity index (χ1n) is 4.32. The van der Waals surface area contributed by atoms with Gasteiger partial charge in [-0.15, -0.1) is 0 Å². The number of hydrogen-bond acceptors (Lipinski definition) is 5. The molecule has 80 valence electrons. The maximum atomic E-state index is 11.3. The summed E-state index contributed by atoms with van der Waals surface area (Å²) in [6.07, 6.45) is 0. The van der Waals surface area contributed by atoms with Crippen LogP contribution in [0.25, 0.3) is 0 Å². The lowest BCUT2D eigenvalue weighted by atomic mass is 10.2. The van der Waals surface area contributed by atoms with E-state index in [-0.39, 0.29) is 6.54 Å². The van der Waals surface area contributed by atoms with Crippen LogP contribution in [0.4, 0.5) is 0 Å². The Labute approximate surface area is 86.8 Å². The van der Waals surface area contributed by atoms with Gasteiger partial charge in [0, 0.05) is 0 Å². The minimum atomic E-state index is -0.615. The van der Waals surface area contributed by atoms with Gasteiger partial charge in [-0.2, -0.15) is 0 Å². The zero-order valence-corrected chi connectivity index (χ0v) is 8.01. The lowest BCUT2D eigenvalue weighted by Crippen LogP contribution is -2.19. The summed E-state index contributed by atoms with van der Waals surface area (Å²) in [4.78, 5) is 21.9. The predicted octanol–water partition coefficient (Wildman–Crippen LogP) is 0.303. The molecule has 0 aliphatic rings. The molecule has 0 unspecified atom stereocenters. The average molecular weight is 209 g/mol. The molecule has 0 spiro atoms. The number of carbonyl (C=O) groups is 2. The summed E-state index contributed by atoms with van der Waals surface area (Å²) in [5.74, 6) is -1.16. The molecule has 0 radical (unpaired) electrons. The molecular formula is C10H11NO4. The van der Waals surface area contributed by atoms with Gasteiger partial charge in [0.25, 0.3) is 0 Å². The predicted molar refractivity (Wildman–Crippen MR) is 51.9 cm³/mol. The van der Waals surface area contributed by atoms with Gasteiger partial charge in [0.2, 0.25) is 6.79 Å². The van der Waals surface area contributed by atoms with Crippen LogP contribution in [0.15, 0.2) is 30.3 Å². The van der Waals surface area contributed by atoms with Crippen LogP contribution < -0.4 is 5.73 Å². The van der Waals surface area contributed by atoms with Crippen molar-refractivity contribution in [3.63, 3.8) is 0 Å². The average Bonchev–Trinajstić information content (AvgIpc) is 2.29. The van der Waals surface area contributed by atoms with E-state index in [1.165, 1.54) is 0 Å². The third kappa shape index (κ3) is 3.78. The molecular weight excluding hydrogens is 198 g/mol. The Morgan fingerprint density at radius 3 is 2.40 bits per heavy atom. The van der Waals surface area contributed by atoms with Crippen molar-refractivity contribution in [2.75, 3.05) is 13.3 Å². The van der Waals surface area contributed by atoms with Crippen LogP contribution in [0.5, 0.6) is 0 Å². The minimum Gasteiger partial charge on any atom is -0.427 e. The van der Waals surface area contributed by atoms with Gasteiger partial charge in [-0.25, -0.2) is 4.79 Å². The second kappa shape index (κ2) is 5.77. The van der Waals surface area contributed by atoms with Gasteiger partial charge < -0.3 is 15.2 Å². The van der Waals surface area contributed by atoms with Crippen LogP contribution in [0.2, 0.25) is 0 Å². The van der Waals surface area contributed by atoms with Gasteiger partial charge in [0.05, 0.1) is 12.1 Å². The molecule has 0 atom stereocenters. The number of ether oxygens (including phenoxy) is 2. The normalized spacial score (nSPS) is 9.40. The van der Waals surface area contributed by atoms with Gasteiger partial charge >= 0.3 is 11.9 Å².